The second kappa shape index (κ2) is 6.81. The molecule has 0 saturated carbocycles. The summed E-state index contributed by atoms with van der Waals surface area (Å²) in [5, 5.41) is 0. The Morgan fingerprint density at radius 1 is 1.19 bits per heavy atom. The summed E-state index contributed by atoms with van der Waals surface area (Å²) in [7, 11) is 1.76. The normalized spacial score (nSPS) is 15.4. The van der Waals surface area contributed by atoms with Crippen LogP contribution in [0.25, 0.3) is 22.3 Å². The molecule has 3 heterocycles. The lowest BCUT2D eigenvalue weighted by molar-refractivity contribution is 0.0837. The molecular formula is C20H19F2N3O2. The number of halogens is 2. The van der Waals surface area contributed by atoms with Gasteiger partial charge < -0.3 is 9.30 Å². The van der Waals surface area contributed by atoms with E-state index in [0.717, 1.165) is 18.9 Å². The fraction of sp³-hybridized carbons (Fsp3) is 0.350. The highest BCUT2D eigenvalue weighted by Crippen LogP contribution is 2.31. The fourth-order valence-corrected chi connectivity index (χ4v) is 3.57. The lowest BCUT2D eigenvalue weighted by atomic mass is 9.98. The first-order valence-electron chi connectivity index (χ1n) is 8.86. The van der Waals surface area contributed by atoms with E-state index >= 15 is 0 Å². The van der Waals surface area contributed by atoms with Gasteiger partial charge in [-0.2, -0.15) is 0 Å². The highest BCUT2D eigenvalue weighted by atomic mass is 19.1. The van der Waals surface area contributed by atoms with Crippen LogP contribution in [-0.4, -0.2) is 27.7 Å². The summed E-state index contributed by atoms with van der Waals surface area (Å²) < 4.78 is 35.1. The molecule has 4 rings (SSSR count). The molecule has 0 amide bonds. The van der Waals surface area contributed by atoms with Gasteiger partial charge in [-0.15, -0.1) is 0 Å². The van der Waals surface area contributed by atoms with Crippen LogP contribution in [0, 0.1) is 18.6 Å². The summed E-state index contributed by atoms with van der Waals surface area (Å²) in [6.45, 7) is 2.91. The monoisotopic (exact) mass is 371 g/mol. The molecule has 2 aromatic heterocycles. The third-order valence-corrected chi connectivity index (χ3v) is 4.99. The topological polar surface area (TPSA) is 57.0 Å². The predicted molar refractivity (Wildman–Crippen MR) is 97.7 cm³/mol. The Hall–Kier alpha value is -2.67. The second-order valence-electron chi connectivity index (χ2n) is 6.89. The molecule has 27 heavy (non-hydrogen) atoms. The third-order valence-electron chi connectivity index (χ3n) is 4.99. The summed E-state index contributed by atoms with van der Waals surface area (Å²) in [5.74, 6) is -0.840. The van der Waals surface area contributed by atoms with Gasteiger partial charge in [-0.3, -0.25) is 4.79 Å². The smallest absolute Gasteiger partial charge is 0.210 e. The van der Waals surface area contributed by atoms with E-state index in [0.29, 0.717) is 35.8 Å². The van der Waals surface area contributed by atoms with Crippen LogP contribution in [0.3, 0.4) is 0 Å². The molecule has 0 aliphatic carbocycles. The molecule has 1 aromatic carbocycles. The zero-order chi connectivity index (χ0) is 19.1. The van der Waals surface area contributed by atoms with E-state index in [-0.39, 0.29) is 22.4 Å². The molecule has 3 aromatic rings. The van der Waals surface area contributed by atoms with E-state index in [1.807, 2.05) is 0 Å². The lowest BCUT2D eigenvalue weighted by Gasteiger charge is -2.22. The maximum absolute atomic E-state index is 14.5. The number of fused-ring (bicyclic) bond motifs is 1. The SMILES string of the molecule is Cc1cn(C)c2c(-c3ccc(F)cc3F)nc(C3CCOCC3)nc2c1=O. The van der Waals surface area contributed by atoms with Crippen LogP contribution in [0.2, 0.25) is 0 Å². The van der Waals surface area contributed by atoms with E-state index < -0.39 is 11.6 Å². The zero-order valence-electron chi connectivity index (χ0n) is 15.1. The number of aromatic nitrogens is 3. The minimum absolute atomic E-state index is 0.0376. The van der Waals surface area contributed by atoms with Gasteiger partial charge in [0.1, 0.15) is 28.7 Å². The number of nitrogens with zero attached hydrogens (tertiary/aromatic N) is 3. The van der Waals surface area contributed by atoms with Crippen LogP contribution in [0.4, 0.5) is 8.78 Å². The van der Waals surface area contributed by atoms with Gasteiger partial charge in [0.25, 0.3) is 0 Å². The van der Waals surface area contributed by atoms with Crippen LogP contribution in [0.1, 0.15) is 30.1 Å². The van der Waals surface area contributed by atoms with Crippen molar-refractivity contribution in [2.24, 2.45) is 7.05 Å². The molecule has 1 saturated heterocycles. The Kier molecular flexibility index (Phi) is 4.47. The molecule has 0 unspecified atom stereocenters. The molecule has 140 valence electrons. The number of hydrogen-bond acceptors (Lipinski definition) is 4. The zero-order valence-corrected chi connectivity index (χ0v) is 15.1. The largest absolute Gasteiger partial charge is 0.381 e. The maximum Gasteiger partial charge on any atom is 0.210 e. The van der Waals surface area contributed by atoms with Gasteiger partial charge in [-0.25, -0.2) is 18.7 Å². The molecule has 0 radical (unpaired) electrons. The second-order valence-corrected chi connectivity index (χ2v) is 6.89. The standard InChI is InChI=1S/C20H19F2N3O2/c1-11-10-25(2)18-16(14-4-3-13(21)9-15(14)22)23-20(24-17(18)19(11)26)12-5-7-27-8-6-12/h3-4,9-10,12H,5-8H2,1-2H3. The van der Waals surface area contributed by atoms with E-state index in [1.54, 1.807) is 24.7 Å². The van der Waals surface area contributed by atoms with Crippen LogP contribution < -0.4 is 5.43 Å². The number of ether oxygens (including phenoxy) is 1. The highest BCUT2D eigenvalue weighted by molar-refractivity contribution is 5.89. The fourth-order valence-electron chi connectivity index (χ4n) is 3.57. The Balaban J connectivity index is 2.05. The molecule has 0 N–H and O–H groups in total. The molecule has 7 heteroatoms. The van der Waals surface area contributed by atoms with Crippen molar-refractivity contribution < 1.29 is 13.5 Å². The molecule has 1 fully saturated rings. The first-order chi connectivity index (χ1) is 13.0. The molecule has 0 bridgehead atoms. The van der Waals surface area contributed by atoms with Gasteiger partial charge in [0.05, 0.1) is 5.52 Å². The van der Waals surface area contributed by atoms with Gasteiger partial charge >= 0.3 is 0 Å². The van der Waals surface area contributed by atoms with Crippen LogP contribution in [-0.2, 0) is 11.8 Å². The van der Waals surface area contributed by atoms with Gasteiger partial charge in [0.2, 0.25) is 5.43 Å². The van der Waals surface area contributed by atoms with Crippen molar-refractivity contribution in [1.29, 1.82) is 0 Å². The average molecular weight is 371 g/mol. The quantitative estimate of drug-likeness (QED) is 0.692. The first kappa shape index (κ1) is 17.7. The molecule has 1 aliphatic heterocycles. The van der Waals surface area contributed by atoms with E-state index in [4.69, 9.17) is 4.74 Å². The number of pyridine rings is 1. The number of aryl methyl sites for hydroxylation is 2. The van der Waals surface area contributed by atoms with Crippen molar-refractivity contribution >= 4 is 11.0 Å². The van der Waals surface area contributed by atoms with E-state index in [9.17, 15) is 13.6 Å². The van der Waals surface area contributed by atoms with Gasteiger partial charge in [-0.1, -0.05) is 0 Å². The van der Waals surface area contributed by atoms with Gasteiger partial charge in [0.15, 0.2) is 0 Å². The average Bonchev–Trinajstić information content (AvgIpc) is 2.66. The summed E-state index contributed by atoms with van der Waals surface area (Å²) in [4.78, 5) is 21.9. The van der Waals surface area contributed by atoms with Crippen molar-refractivity contribution in [3.63, 3.8) is 0 Å². The van der Waals surface area contributed by atoms with Crippen LogP contribution in [0.5, 0.6) is 0 Å². The van der Waals surface area contributed by atoms with Crippen molar-refractivity contribution in [1.82, 2.24) is 14.5 Å². The summed E-state index contributed by atoms with van der Waals surface area (Å²) in [6, 6.07) is 3.36. The highest BCUT2D eigenvalue weighted by Gasteiger charge is 2.24. The minimum Gasteiger partial charge on any atom is -0.381 e. The Bertz CT molecular complexity index is 1090. The van der Waals surface area contributed by atoms with Crippen molar-refractivity contribution in [2.45, 2.75) is 25.7 Å². The summed E-state index contributed by atoms with van der Waals surface area (Å²) in [5.41, 5.74) is 1.49. The molecular weight excluding hydrogens is 352 g/mol. The number of benzene rings is 1. The number of rotatable bonds is 2. The van der Waals surface area contributed by atoms with Gasteiger partial charge in [0, 0.05) is 49.6 Å². The molecule has 5 nitrogen and oxygen atoms in total. The predicted octanol–water partition coefficient (Wildman–Crippen LogP) is 3.48. The first-order valence-corrected chi connectivity index (χ1v) is 8.86. The number of hydrogen-bond donors (Lipinski definition) is 0. The van der Waals surface area contributed by atoms with E-state index in [2.05, 4.69) is 9.97 Å². The summed E-state index contributed by atoms with van der Waals surface area (Å²) >= 11 is 0. The lowest BCUT2D eigenvalue weighted by Crippen LogP contribution is -2.20. The third kappa shape index (κ3) is 3.12. The Morgan fingerprint density at radius 2 is 1.93 bits per heavy atom. The van der Waals surface area contributed by atoms with E-state index in [1.165, 1.54) is 12.1 Å². The molecule has 0 atom stereocenters. The Morgan fingerprint density at radius 3 is 2.63 bits per heavy atom. The van der Waals surface area contributed by atoms with Gasteiger partial charge in [-0.05, 0) is 31.9 Å². The molecule has 1 aliphatic rings. The maximum atomic E-state index is 14.5. The summed E-state index contributed by atoms with van der Waals surface area (Å²) in [6.07, 6.45) is 3.15. The van der Waals surface area contributed by atoms with Crippen LogP contribution >= 0.6 is 0 Å². The molecule has 0 spiro atoms. The Labute approximate surface area is 154 Å². The van der Waals surface area contributed by atoms with Crippen molar-refractivity contribution in [3.05, 3.63) is 57.6 Å². The van der Waals surface area contributed by atoms with Crippen LogP contribution in [0.15, 0.2) is 29.2 Å². The van der Waals surface area contributed by atoms with Crippen molar-refractivity contribution in [2.75, 3.05) is 13.2 Å². The van der Waals surface area contributed by atoms with Crippen molar-refractivity contribution in [3.8, 4) is 11.3 Å². The minimum atomic E-state index is -0.721.